The molecule has 0 saturated heterocycles. The van der Waals surface area contributed by atoms with Gasteiger partial charge in [0.25, 0.3) is 0 Å². The third kappa shape index (κ3) is 4.18. The third-order valence-corrected chi connectivity index (χ3v) is 4.67. The van der Waals surface area contributed by atoms with E-state index in [1.165, 1.54) is 0 Å². The summed E-state index contributed by atoms with van der Waals surface area (Å²) >= 11 is 0. The first-order valence-corrected chi connectivity index (χ1v) is 8.70. The van der Waals surface area contributed by atoms with Gasteiger partial charge in [0.05, 0.1) is 19.3 Å². The van der Waals surface area contributed by atoms with Gasteiger partial charge in [-0.1, -0.05) is 25.8 Å². The maximum atomic E-state index is 12.6. The molecule has 4 heteroatoms. The van der Waals surface area contributed by atoms with Crippen LogP contribution >= 0.6 is 0 Å². The van der Waals surface area contributed by atoms with E-state index < -0.39 is 0 Å². The van der Waals surface area contributed by atoms with Gasteiger partial charge in [-0.3, -0.25) is 4.79 Å². The van der Waals surface area contributed by atoms with Crippen molar-refractivity contribution < 1.29 is 14.3 Å². The Morgan fingerprint density at radius 2 is 1.78 bits per heavy atom. The van der Waals surface area contributed by atoms with Crippen molar-refractivity contribution in [3.63, 3.8) is 0 Å². The van der Waals surface area contributed by atoms with Crippen molar-refractivity contribution in [2.24, 2.45) is 5.41 Å². The minimum absolute atomic E-state index is 0.0465. The Balaban J connectivity index is 2.10. The van der Waals surface area contributed by atoms with E-state index in [0.717, 1.165) is 42.7 Å². The van der Waals surface area contributed by atoms with Crippen LogP contribution in [0, 0.1) is 5.41 Å². The topological polar surface area (TPSA) is 47.6 Å². The lowest BCUT2D eigenvalue weighted by atomic mass is 9.87. The van der Waals surface area contributed by atoms with Crippen LogP contribution in [-0.2, 0) is 4.79 Å². The van der Waals surface area contributed by atoms with Crippen LogP contribution in [0.25, 0.3) is 0 Å². The molecular weight excluding hydrogens is 290 g/mol. The molecule has 1 aliphatic rings. The molecule has 0 aromatic heterocycles. The van der Waals surface area contributed by atoms with E-state index in [-0.39, 0.29) is 17.4 Å². The molecule has 1 N–H and O–H groups in total. The van der Waals surface area contributed by atoms with Crippen LogP contribution < -0.4 is 14.8 Å². The summed E-state index contributed by atoms with van der Waals surface area (Å²) in [6, 6.07) is 5.84. The van der Waals surface area contributed by atoms with Gasteiger partial charge in [-0.15, -0.1) is 0 Å². The number of carbonyl (C=O) groups is 1. The Morgan fingerprint density at radius 1 is 1.17 bits per heavy atom. The Kier molecular flexibility index (Phi) is 5.91. The van der Waals surface area contributed by atoms with Gasteiger partial charge < -0.3 is 14.8 Å². The molecule has 1 amide bonds. The molecule has 0 aliphatic heterocycles. The summed E-state index contributed by atoms with van der Waals surface area (Å²) in [6.07, 6.45) is 4.27. The fourth-order valence-electron chi connectivity index (χ4n) is 3.17. The van der Waals surface area contributed by atoms with Crippen molar-refractivity contribution in [1.82, 2.24) is 5.32 Å². The Morgan fingerprint density at radius 3 is 2.39 bits per heavy atom. The lowest BCUT2D eigenvalue weighted by molar-refractivity contribution is -0.130. The fraction of sp³-hybridized carbons (Fsp3) is 0.632. The summed E-state index contributed by atoms with van der Waals surface area (Å²) in [6.45, 7) is 9.18. The van der Waals surface area contributed by atoms with Gasteiger partial charge in [0.15, 0.2) is 11.5 Å². The zero-order valence-corrected chi connectivity index (χ0v) is 14.8. The average Bonchev–Trinajstić information content (AvgIpc) is 2.97. The fourth-order valence-corrected chi connectivity index (χ4v) is 3.17. The number of ether oxygens (including phenoxy) is 2. The van der Waals surface area contributed by atoms with E-state index in [4.69, 9.17) is 9.47 Å². The molecule has 128 valence electrons. The molecule has 1 fully saturated rings. The second-order valence-corrected chi connectivity index (χ2v) is 6.54. The highest BCUT2D eigenvalue weighted by Crippen LogP contribution is 2.38. The highest BCUT2D eigenvalue weighted by atomic mass is 16.5. The average molecular weight is 319 g/mol. The molecule has 0 heterocycles. The SMILES string of the molecule is CCOc1ccc(C(C)NC(=O)C2(C)CCCC2)cc1OCC. The summed E-state index contributed by atoms with van der Waals surface area (Å²) in [5, 5.41) is 3.16. The predicted octanol–water partition coefficient (Wildman–Crippen LogP) is 4.24. The maximum absolute atomic E-state index is 12.6. The molecule has 1 aliphatic carbocycles. The number of hydrogen-bond donors (Lipinski definition) is 1. The van der Waals surface area contributed by atoms with Crippen LogP contribution in [0.4, 0.5) is 0 Å². The molecule has 0 radical (unpaired) electrons. The first-order chi connectivity index (χ1) is 11.0. The Labute approximate surface area is 139 Å². The van der Waals surface area contributed by atoms with Gasteiger partial charge in [0.2, 0.25) is 5.91 Å². The summed E-state index contributed by atoms with van der Waals surface area (Å²) < 4.78 is 11.3. The molecule has 1 unspecified atom stereocenters. The van der Waals surface area contributed by atoms with Crippen molar-refractivity contribution in [3.8, 4) is 11.5 Å². The monoisotopic (exact) mass is 319 g/mol. The van der Waals surface area contributed by atoms with Crippen molar-refractivity contribution in [2.45, 2.75) is 59.4 Å². The van der Waals surface area contributed by atoms with Gasteiger partial charge in [0, 0.05) is 5.41 Å². The second kappa shape index (κ2) is 7.71. The molecule has 1 saturated carbocycles. The van der Waals surface area contributed by atoms with E-state index in [9.17, 15) is 4.79 Å². The van der Waals surface area contributed by atoms with Gasteiger partial charge in [-0.2, -0.15) is 0 Å². The van der Waals surface area contributed by atoms with E-state index in [1.807, 2.05) is 39.0 Å². The first kappa shape index (κ1) is 17.6. The van der Waals surface area contributed by atoms with Crippen LogP contribution in [0.1, 0.15) is 65.0 Å². The molecule has 1 atom stereocenters. The molecule has 0 spiro atoms. The molecule has 1 aromatic rings. The first-order valence-electron chi connectivity index (χ1n) is 8.70. The highest BCUT2D eigenvalue weighted by molar-refractivity contribution is 5.82. The van der Waals surface area contributed by atoms with E-state index in [1.54, 1.807) is 0 Å². The van der Waals surface area contributed by atoms with Crippen LogP contribution in [0.3, 0.4) is 0 Å². The quantitative estimate of drug-likeness (QED) is 0.817. The standard InChI is InChI=1S/C19H29NO3/c1-5-22-16-10-9-15(13-17(16)23-6-2)14(3)20-18(21)19(4)11-7-8-12-19/h9-10,13-14H,5-8,11-12H2,1-4H3,(H,20,21). The van der Waals surface area contributed by atoms with E-state index in [2.05, 4.69) is 12.2 Å². The minimum Gasteiger partial charge on any atom is -0.490 e. The molecule has 1 aromatic carbocycles. The molecule has 4 nitrogen and oxygen atoms in total. The highest BCUT2D eigenvalue weighted by Gasteiger charge is 2.36. The largest absolute Gasteiger partial charge is 0.490 e. The number of benzene rings is 1. The van der Waals surface area contributed by atoms with Gasteiger partial charge in [-0.25, -0.2) is 0 Å². The zero-order valence-electron chi connectivity index (χ0n) is 14.8. The number of amides is 1. The summed E-state index contributed by atoms with van der Waals surface area (Å²) in [7, 11) is 0. The van der Waals surface area contributed by atoms with Crippen LogP contribution in [0.5, 0.6) is 11.5 Å². The Bertz CT molecular complexity index is 535. The molecule has 23 heavy (non-hydrogen) atoms. The van der Waals surface area contributed by atoms with Crippen LogP contribution in [-0.4, -0.2) is 19.1 Å². The lowest BCUT2D eigenvalue weighted by Gasteiger charge is -2.25. The van der Waals surface area contributed by atoms with Gasteiger partial charge in [0.1, 0.15) is 0 Å². The number of nitrogens with one attached hydrogen (secondary N) is 1. The smallest absolute Gasteiger partial charge is 0.226 e. The second-order valence-electron chi connectivity index (χ2n) is 6.54. The van der Waals surface area contributed by atoms with Crippen molar-refractivity contribution in [3.05, 3.63) is 23.8 Å². The summed E-state index contributed by atoms with van der Waals surface area (Å²) in [5.41, 5.74) is 0.828. The van der Waals surface area contributed by atoms with Gasteiger partial charge >= 0.3 is 0 Å². The third-order valence-electron chi connectivity index (χ3n) is 4.67. The molecular formula is C19H29NO3. The van der Waals surface area contributed by atoms with Crippen molar-refractivity contribution >= 4 is 5.91 Å². The number of hydrogen-bond acceptors (Lipinski definition) is 3. The van der Waals surface area contributed by atoms with E-state index in [0.29, 0.717) is 13.2 Å². The van der Waals surface area contributed by atoms with E-state index >= 15 is 0 Å². The normalized spacial score (nSPS) is 17.6. The minimum atomic E-state index is -0.206. The Hall–Kier alpha value is -1.71. The molecule has 0 bridgehead atoms. The number of carbonyl (C=O) groups excluding carboxylic acids is 1. The van der Waals surface area contributed by atoms with Gasteiger partial charge in [-0.05, 0) is 51.3 Å². The number of rotatable bonds is 7. The van der Waals surface area contributed by atoms with Crippen LogP contribution in [0.15, 0.2) is 18.2 Å². The summed E-state index contributed by atoms with van der Waals surface area (Å²) in [4.78, 5) is 12.6. The lowest BCUT2D eigenvalue weighted by Crippen LogP contribution is -2.38. The summed E-state index contributed by atoms with van der Waals surface area (Å²) in [5.74, 6) is 1.65. The van der Waals surface area contributed by atoms with Crippen LogP contribution in [0.2, 0.25) is 0 Å². The predicted molar refractivity (Wildman–Crippen MR) is 91.9 cm³/mol. The zero-order chi connectivity index (χ0) is 16.9. The maximum Gasteiger partial charge on any atom is 0.226 e. The van der Waals surface area contributed by atoms with Crippen molar-refractivity contribution in [2.75, 3.05) is 13.2 Å². The molecule has 2 rings (SSSR count). The van der Waals surface area contributed by atoms with Crippen molar-refractivity contribution in [1.29, 1.82) is 0 Å².